The number of hydrogen-bond acceptors (Lipinski definition) is 3. The van der Waals surface area contributed by atoms with E-state index in [9.17, 15) is 0 Å². The Kier molecular flexibility index (Phi) is 6.00. The summed E-state index contributed by atoms with van der Waals surface area (Å²) in [6, 6.07) is 43.1. The Morgan fingerprint density at radius 2 is 1.41 bits per heavy atom. The molecule has 0 bridgehead atoms. The Morgan fingerprint density at radius 3 is 2.25 bits per heavy atom. The molecule has 0 saturated heterocycles. The van der Waals surface area contributed by atoms with E-state index in [0.717, 1.165) is 34.0 Å². The van der Waals surface area contributed by atoms with E-state index in [1.807, 2.05) is 23.9 Å². The number of aliphatic imine (C=N–C) groups is 2. The van der Waals surface area contributed by atoms with Crippen LogP contribution in [0.3, 0.4) is 0 Å². The highest BCUT2D eigenvalue weighted by molar-refractivity contribution is 8.00. The van der Waals surface area contributed by atoms with Crippen molar-refractivity contribution in [3.05, 3.63) is 168 Å². The molecule has 3 unspecified atom stereocenters. The molecular formula is C39H29N4S+. The SMILES string of the molecule is C1=CC2Sc3c(ccc4c5ccccc5n(-c5ccc(C6=NC(c7ccccc7)[NH2+]C(c7ccccc7)=N6)cc5)c34)C2C=C1. The predicted octanol–water partition coefficient (Wildman–Crippen LogP) is 7.94. The summed E-state index contributed by atoms with van der Waals surface area (Å²) in [5, 5.41) is 5.20. The Hall–Kier alpha value is -4.97. The fourth-order valence-corrected chi connectivity index (χ4v) is 8.28. The lowest BCUT2D eigenvalue weighted by molar-refractivity contribution is -0.586. The smallest absolute Gasteiger partial charge is 0.235 e. The number of amidine groups is 2. The van der Waals surface area contributed by atoms with Crippen molar-refractivity contribution in [2.75, 3.05) is 0 Å². The Bertz CT molecular complexity index is 2170. The van der Waals surface area contributed by atoms with E-state index in [1.165, 1.54) is 32.3 Å². The summed E-state index contributed by atoms with van der Waals surface area (Å²) in [5.41, 5.74) is 8.37. The molecule has 0 radical (unpaired) electrons. The first kappa shape index (κ1) is 25.5. The number of nitrogens with zero attached hydrogens (tertiary/aromatic N) is 3. The molecule has 5 aromatic carbocycles. The maximum Gasteiger partial charge on any atom is 0.235 e. The number of nitrogens with two attached hydrogens (primary N) is 1. The Morgan fingerprint density at radius 1 is 0.659 bits per heavy atom. The molecular weight excluding hydrogens is 557 g/mol. The standard InChI is InChI=1S/C39H28N4S/c1-3-11-25(12-4-1)37-40-38(26-13-5-2-6-14-26)42-39(41-37)27-19-21-28(22-20-27)43-33-17-9-7-15-29(33)31-23-24-32-30-16-8-10-18-34(30)44-36(32)35(31)43/h1-24,30,34,37H,(H,40,41,42)/p+1. The lowest BCUT2D eigenvalue weighted by Crippen LogP contribution is -2.89. The first-order valence-electron chi connectivity index (χ1n) is 15.1. The third-order valence-corrected chi connectivity index (χ3v) is 10.3. The van der Waals surface area contributed by atoms with Crippen LogP contribution in [0.2, 0.25) is 0 Å². The van der Waals surface area contributed by atoms with Gasteiger partial charge in [0.2, 0.25) is 12.0 Å². The molecule has 2 N–H and O–H groups in total. The van der Waals surface area contributed by atoms with Crippen LogP contribution in [0.25, 0.3) is 27.5 Å². The molecule has 0 saturated carbocycles. The second-order valence-corrected chi connectivity index (χ2v) is 12.7. The van der Waals surface area contributed by atoms with Gasteiger partial charge in [-0.15, -0.1) is 11.8 Å². The van der Waals surface area contributed by atoms with Crippen LogP contribution >= 0.6 is 11.8 Å². The van der Waals surface area contributed by atoms with Crippen molar-refractivity contribution in [2.24, 2.45) is 9.98 Å². The Balaban J connectivity index is 1.17. The fraction of sp³-hybridized carbons (Fsp3) is 0.0769. The summed E-state index contributed by atoms with van der Waals surface area (Å²) >= 11 is 2.00. The lowest BCUT2D eigenvalue weighted by atomic mass is 9.92. The zero-order valence-electron chi connectivity index (χ0n) is 23.9. The van der Waals surface area contributed by atoms with Gasteiger partial charge in [-0.25, -0.2) is 4.99 Å². The van der Waals surface area contributed by atoms with E-state index >= 15 is 0 Å². The summed E-state index contributed by atoms with van der Waals surface area (Å²) < 4.78 is 2.45. The third-order valence-electron chi connectivity index (χ3n) is 8.92. The summed E-state index contributed by atoms with van der Waals surface area (Å²) in [5.74, 6) is 2.13. The van der Waals surface area contributed by atoms with Crippen molar-refractivity contribution in [3.8, 4) is 5.69 Å². The zero-order valence-corrected chi connectivity index (χ0v) is 24.7. The zero-order chi connectivity index (χ0) is 29.0. The number of allylic oxidation sites excluding steroid dienone is 3. The molecule has 0 fully saturated rings. The highest BCUT2D eigenvalue weighted by Crippen LogP contribution is 2.52. The summed E-state index contributed by atoms with van der Waals surface area (Å²) in [6.07, 6.45) is 8.98. The van der Waals surface area contributed by atoms with Gasteiger partial charge in [-0.2, -0.15) is 4.99 Å². The topological polar surface area (TPSA) is 46.3 Å². The molecule has 6 aromatic rings. The summed E-state index contributed by atoms with van der Waals surface area (Å²) in [6.45, 7) is 0. The number of aromatic nitrogens is 1. The van der Waals surface area contributed by atoms with Gasteiger partial charge in [-0.3, -0.25) is 5.32 Å². The van der Waals surface area contributed by atoms with Crippen LogP contribution in [0, 0.1) is 0 Å². The van der Waals surface area contributed by atoms with Crippen LogP contribution in [0.4, 0.5) is 0 Å². The van der Waals surface area contributed by atoms with E-state index < -0.39 is 0 Å². The van der Waals surface area contributed by atoms with E-state index in [2.05, 4.69) is 143 Å². The second-order valence-electron chi connectivity index (χ2n) is 11.5. The van der Waals surface area contributed by atoms with Crippen molar-refractivity contribution in [3.63, 3.8) is 0 Å². The van der Waals surface area contributed by atoms with E-state index in [0.29, 0.717) is 11.2 Å². The minimum Gasteiger partial charge on any atom is -0.308 e. The van der Waals surface area contributed by atoms with Gasteiger partial charge >= 0.3 is 0 Å². The van der Waals surface area contributed by atoms with Crippen molar-refractivity contribution in [1.82, 2.24) is 4.57 Å². The van der Waals surface area contributed by atoms with Gasteiger partial charge in [0.15, 0.2) is 5.84 Å². The Labute approximate surface area is 260 Å². The quantitative estimate of drug-likeness (QED) is 0.224. The second kappa shape index (κ2) is 10.3. The number of hydrogen-bond donors (Lipinski definition) is 1. The highest BCUT2D eigenvalue weighted by atomic mass is 32.2. The van der Waals surface area contributed by atoms with Gasteiger partial charge < -0.3 is 4.57 Å². The van der Waals surface area contributed by atoms with Crippen molar-refractivity contribution in [2.45, 2.75) is 22.2 Å². The minimum atomic E-state index is -0.0952. The first-order chi connectivity index (χ1) is 21.8. The maximum atomic E-state index is 5.13. The van der Waals surface area contributed by atoms with Crippen LogP contribution in [0.15, 0.2) is 161 Å². The fourth-order valence-electron chi connectivity index (χ4n) is 6.80. The van der Waals surface area contributed by atoms with Gasteiger partial charge in [0, 0.05) is 43.7 Å². The van der Waals surface area contributed by atoms with Gasteiger partial charge in [0.25, 0.3) is 0 Å². The minimum absolute atomic E-state index is 0.0952. The largest absolute Gasteiger partial charge is 0.308 e. The van der Waals surface area contributed by atoms with Crippen LogP contribution in [0.1, 0.15) is 34.3 Å². The van der Waals surface area contributed by atoms with Gasteiger partial charge in [-0.05, 0) is 48.0 Å². The predicted molar refractivity (Wildman–Crippen MR) is 182 cm³/mol. The van der Waals surface area contributed by atoms with Crippen LogP contribution in [-0.4, -0.2) is 21.5 Å². The molecule has 3 heterocycles. The van der Waals surface area contributed by atoms with E-state index in [-0.39, 0.29) is 6.17 Å². The van der Waals surface area contributed by atoms with Crippen molar-refractivity contribution in [1.29, 1.82) is 0 Å². The molecule has 0 spiro atoms. The van der Waals surface area contributed by atoms with Crippen molar-refractivity contribution < 1.29 is 5.32 Å². The van der Waals surface area contributed by atoms with Gasteiger partial charge in [-0.1, -0.05) is 103 Å². The number of rotatable bonds is 4. The molecule has 3 atom stereocenters. The average molecular weight is 586 g/mol. The number of para-hydroxylation sites is 1. The molecule has 0 amide bonds. The normalized spacial score (nSPS) is 20.4. The van der Waals surface area contributed by atoms with Crippen LogP contribution < -0.4 is 5.32 Å². The first-order valence-corrected chi connectivity index (χ1v) is 16.0. The summed E-state index contributed by atoms with van der Waals surface area (Å²) in [4.78, 5) is 11.6. The van der Waals surface area contributed by atoms with E-state index in [1.54, 1.807) is 0 Å². The number of quaternary nitrogens is 1. The number of benzene rings is 5. The molecule has 2 aliphatic heterocycles. The highest BCUT2D eigenvalue weighted by Gasteiger charge is 2.34. The van der Waals surface area contributed by atoms with Crippen molar-refractivity contribution >= 4 is 45.2 Å². The van der Waals surface area contributed by atoms with Gasteiger partial charge in [0.05, 0.1) is 16.6 Å². The number of fused-ring (bicyclic) bond motifs is 7. The molecule has 3 aliphatic rings. The summed E-state index contributed by atoms with van der Waals surface area (Å²) in [7, 11) is 0. The average Bonchev–Trinajstić information content (AvgIpc) is 3.65. The molecule has 1 aliphatic carbocycles. The third kappa shape index (κ3) is 4.12. The lowest BCUT2D eigenvalue weighted by Gasteiger charge is -2.19. The molecule has 210 valence electrons. The van der Waals surface area contributed by atoms with Crippen LogP contribution in [-0.2, 0) is 0 Å². The molecule has 4 nitrogen and oxygen atoms in total. The monoisotopic (exact) mass is 585 g/mol. The number of thioether (sulfide) groups is 1. The molecule has 1 aromatic heterocycles. The van der Waals surface area contributed by atoms with Gasteiger partial charge in [0.1, 0.15) is 0 Å². The maximum absolute atomic E-state index is 5.13. The molecule has 5 heteroatoms. The van der Waals surface area contributed by atoms with Crippen LogP contribution in [0.5, 0.6) is 0 Å². The van der Waals surface area contributed by atoms with E-state index in [4.69, 9.17) is 9.98 Å². The molecule has 9 rings (SSSR count). The molecule has 44 heavy (non-hydrogen) atoms.